The molecule has 0 nitrogen and oxygen atoms in total. The zero-order chi connectivity index (χ0) is 16.1. The van der Waals surface area contributed by atoms with Crippen molar-refractivity contribution in [3.05, 3.63) is 29.8 Å². The first-order valence-corrected chi connectivity index (χ1v) is 11.6. The fourth-order valence-electron chi connectivity index (χ4n) is 1.54. The van der Waals surface area contributed by atoms with Crippen molar-refractivity contribution in [3.8, 4) is 0 Å². The predicted molar refractivity (Wildman–Crippen MR) is 56.5 cm³/mol. The zero-order valence-corrected chi connectivity index (χ0v) is 12.9. The summed E-state index contributed by atoms with van der Waals surface area (Å²) >= 11 is -6.85. The summed E-state index contributed by atoms with van der Waals surface area (Å²) in [5, 5.41) is 0. The minimum atomic E-state index is -6.85. The Balaban J connectivity index is 6.45. The van der Waals surface area contributed by atoms with E-state index in [-0.39, 0.29) is 12.8 Å². The molecule has 20 heavy (non-hydrogen) atoms. The topological polar surface area (TPSA) is 0 Å². The molecule has 116 valence electrons. The van der Waals surface area contributed by atoms with Gasteiger partial charge in [0.05, 0.1) is 0 Å². The molecule has 0 amide bonds. The Bertz CT molecular complexity index is 380. The first kappa shape index (κ1) is 19.4. The van der Waals surface area contributed by atoms with Gasteiger partial charge in [-0.1, -0.05) is 0 Å². The minimum absolute atomic E-state index is 0.0717. The Kier molecular flexibility index (Phi) is 7.74. The van der Waals surface area contributed by atoms with Crippen LogP contribution >= 0.6 is 0 Å². The van der Waals surface area contributed by atoms with E-state index in [1.54, 1.807) is 0 Å². The Labute approximate surface area is 112 Å². The first-order chi connectivity index (χ1) is 9.12. The molecule has 0 radical (unpaired) electrons. The van der Waals surface area contributed by atoms with Crippen molar-refractivity contribution in [2.24, 2.45) is 0 Å². The molecule has 0 aromatic carbocycles. The fraction of sp³-hybridized carbons (Fsp3) is 0.400. The second-order valence-corrected chi connectivity index (χ2v) is 14.1. The second kappa shape index (κ2) is 7.98. The van der Waals surface area contributed by atoms with Crippen molar-refractivity contribution >= 4 is 18.4 Å². The van der Waals surface area contributed by atoms with E-state index in [2.05, 4.69) is 0 Å². The van der Waals surface area contributed by atoms with Gasteiger partial charge in [0.2, 0.25) is 0 Å². The maximum absolute atomic E-state index is 13.4. The van der Waals surface area contributed by atoms with Crippen LogP contribution in [0.4, 0.5) is 39.5 Å². The fourth-order valence-corrected chi connectivity index (χ4v) is 10.4. The summed E-state index contributed by atoms with van der Waals surface area (Å²) in [5.41, 5.74) is 0. The quantitative estimate of drug-likeness (QED) is 0.362. The van der Waals surface area contributed by atoms with Crippen LogP contribution in [0.2, 0.25) is 4.44 Å². The van der Waals surface area contributed by atoms with Crippen LogP contribution in [0, 0.1) is 0 Å². The molecular formula is C10H9F9Sn. The van der Waals surface area contributed by atoms with E-state index in [1.807, 2.05) is 0 Å². The third-order valence-electron chi connectivity index (χ3n) is 2.53. The summed E-state index contributed by atoms with van der Waals surface area (Å²) < 4.78 is 104. The molecule has 0 saturated carbocycles. The summed E-state index contributed by atoms with van der Waals surface area (Å²) in [4.78, 5) is 0. The van der Waals surface area contributed by atoms with E-state index in [4.69, 9.17) is 0 Å². The van der Waals surface area contributed by atoms with Crippen molar-refractivity contribution in [2.45, 2.75) is 24.2 Å². The van der Waals surface area contributed by atoms with Crippen LogP contribution in [0.1, 0.15) is 19.8 Å². The van der Waals surface area contributed by atoms with Crippen LogP contribution in [0.25, 0.3) is 0 Å². The van der Waals surface area contributed by atoms with Crippen molar-refractivity contribution in [2.75, 3.05) is 0 Å². The standard InChI is InChI=1S/C4H9.3C2F3.Sn/c1-3-4-2;3*3-1-2(4)5;/h1,3-4H2,2H3;;;;. The van der Waals surface area contributed by atoms with Gasteiger partial charge in [-0.15, -0.1) is 0 Å². The van der Waals surface area contributed by atoms with E-state index < -0.39 is 52.6 Å². The van der Waals surface area contributed by atoms with Crippen LogP contribution in [-0.4, -0.2) is 18.4 Å². The molecule has 0 spiro atoms. The molecule has 0 aliphatic heterocycles. The van der Waals surface area contributed by atoms with E-state index in [9.17, 15) is 39.5 Å². The molecular weight excluding hydrogens is 410 g/mol. The van der Waals surface area contributed by atoms with Gasteiger partial charge in [-0.05, 0) is 0 Å². The van der Waals surface area contributed by atoms with E-state index in [0.717, 1.165) is 0 Å². The maximum atomic E-state index is 13.4. The summed E-state index contributed by atoms with van der Waals surface area (Å²) in [6.07, 6.45) is -10.1. The number of unbranched alkanes of at least 4 members (excludes halogenated alkanes) is 1. The number of halogens is 9. The third-order valence-corrected chi connectivity index (χ3v) is 13.7. The molecule has 0 aromatic rings. The molecule has 0 aromatic heterocycles. The molecule has 0 aliphatic carbocycles. The number of rotatable bonds is 6. The monoisotopic (exact) mass is 420 g/mol. The molecule has 0 aliphatic rings. The summed E-state index contributed by atoms with van der Waals surface area (Å²) in [6.45, 7) is 1.39. The van der Waals surface area contributed by atoms with Crippen molar-refractivity contribution in [1.29, 1.82) is 0 Å². The number of hydrogen-bond donors (Lipinski definition) is 0. The van der Waals surface area contributed by atoms with Gasteiger partial charge in [0.15, 0.2) is 0 Å². The van der Waals surface area contributed by atoms with Crippen molar-refractivity contribution in [3.63, 3.8) is 0 Å². The summed E-state index contributed by atoms with van der Waals surface area (Å²) in [6, 6.07) is 0. The van der Waals surface area contributed by atoms with E-state index in [1.165, 1.54) is 6.92 Å². The summed E-state index contributed by atoms with van der Waals surface area (Å²) in [7, 11) is 0. The molecule has 0 unspecified atom stereocenters. The average molecular weight is 419 g/mol. The molecule has 0 bridgehead atoms. The van der Waals surface area contributed by atoms with Gasteiger partial charge in [-0.2, -0.15) is 0 Å². The van der Waals surface area contributed by atoms with Crippen LogP contribution in [0.5, 0.6) is 0 Å². The molecule has 0 rings (SSSR count). The van der Waals surface area contributed by atoms with E-state index >= 15 is 0 Å². The normalized spacial score (nSPS) is 11.1. The van der Waals surface area contributed by atoms with Crippen LogP contribution in [0.15, 0.2) is 29.8 Å². The second-order valence-electron chi connectivity index (χ2n) is 3.73. The third kappa shape index (κ3) is 3.95. The van der Waals surface area contributed by atoms with Gasteiger partial charge in [0, 0.05) is 0 Å². The van der Waals surface area contributed by atoms with Crippen LogP contribution in [-0.2, 0) is 0 Å². The van der Waals surface area contributed by atoms with Gasteiger partial charge in [0.1, 0.15) is 0 Å². The molecule has 0 fully saturated rings. The van der Waals surface area contributed by atoms with Crippen molar-refractivity contribution < 1.29 is 39.5 Å². The van der Waals surface area contributed by atoms with Crippen LogP contribution < -0.4 is 0 Å². The number of hydrogen-bond acceptors (Lipinski definition) is 0. The Morgan fingerprint density at radius 2 is 0.950 bits per heavy atom. The Hall–Kier alpha value is -0.611. The molecule has 0 atom stereocenters. The van der Waals surface area contributed by atoms with Crippen LogP contribution in [0.3, 0.4) is 0 Å². The van der Waals surface area contributed by atoms with Gasteiger partial charge in [-0.3, -0.25) is 0 Å². The van der Waals surface area contributed by atoms with Gasteiger partial charge < -0.3 is 0 Å². The molecule has 0 heterocycles. The zero-order valence-electron chi connectivity index (χ0n) is 10.0. The molecule has 0 N–H and O–H groups in total. The predicted octanol–water partition coefficient (Wildman–Crippen LogP) is 6.09. The first-order valence-electron chi connectivity index (χ1n) is 5.26. The average Bonchev–Trinajstić information content (AvgIpc) is 2.37. The SMILES string of the molecule is CCC[CH2][Sn]([C](F)=C(F)F)([C](F)=C(F)F)[C](F)=C(F)F. The van der Waals surface area contributed by atoms with Crippen molar-refractivity contribution in [1.82, 2.24) is 0 Å². The molecule has 10 heteroatoms. The van der Waals surface area contributed by atoms with Gasteiger partial charge in [0.25, 0.3) is 0 Å². The summed E-state index contributed by atoms with van der Waals surface area (Å²) in [5.74, 6) is 0. The Morgan fingerprint density at radius 3 is 1.15 bits per heavy atom. The van der Waals surface area contributed by atoms with E-state index in [0.29, 0.717) is 0 Å². The van der Waals surface area contributed by atoms with Gasteiger partial charge in [-0.25, -0.2) is 0 Å². The Morgan fingerprint density at radius 1 is 0.650 bits per heavy atom. The molecule has 0 saturated heterocycles. The van der Waals surface area contributed by atoms with Gasteiger partial charge >= 0.3 is 112 Å².